The molecule has 0 aromatic heterocycles. The van der Waals surface area contributed by atoms with E-state index < -0.39 is 12.1 Å². The zero-order chi connectivity index (χ0) is 11.1. The summed E-state index contributed by atoms with van der Waals surface area (Å²) in [5, 5.41) is 8.82. The van der Waals surface area contributed by atoms with Gasteiger partial charge in [0.05, 0.1) is 0 Å². The van der Waals surface area contributed by atoms with Crippen LogP contribution >= 0.6 is 0 Å². The standard InChI is InChI=1S/C11H14O4/c1-9(12)11(13)15-8-7-14-10-5-3-2-4-6-10/h2-6,9,12H,7-8H2,1H3/t9-/m1/s1. The summed E-state index contributed by atoms with van der Waals surface area (Å²) in [7, 11) is 0. The number of ether oxygens (including phenoxy) is 2. The van der Waals surface area contributed by atoms with E-state index in [2.05, 4.69) is 0 Å². The predicted octanol–water partition coefficient (Wildman–Crippen LogP) is 0.989. The molecule has 0 saturated heterocycles. The molecule has 1 rings (SSSR count). The molecule has 82 valence electrons. The molecule has 0 fully saturated rings. The molecule has 1 aromatic rings. The Labute approximate surface area is 88.4 Å². The molecule has 0 saturated carbocycles. The van der Waals surface area contributed by atoms with Crippen molar-refractivity contribution >= 4 is 5.97 Å². The molecule has 0 aliphatic heterocycles. The van der Waals surface area contributed by atoms with Crippen molar-refractivity contribution in [2.45, 2.75) is 13.0 Å². The van der Waals surface area contributed by atoms with Crippen LogP contribution in [0.15, 0.2) is 30.3 Å². The van der Waals surface area contributed by atoms with Crippen LogP contribution in [0.3, 0.4) is 0 Å². The van der Waals surface area contributed by atoms with Gasteiger partial charge in [-0.1, -0.05) is 18.2 Å². The van der Waals surface area contributed by atoms with Crippen molar-refractivity contribution in [3.05, 3.63) is 30.3 Å². The van der Waals surface area contributed by atoms with Crippen molar-refractivity contribution in [1.82, 2.24) is 0 Å². The Balaban J connectivity index is 2.15. The zero-order valence-electron chi connectivity index (χ0n) is 8.55. The molecule has 0 unspecified atom stereocenters. The second-order valence-electron chi connectivity index (χ2n) is 3.00. The summed E-state index contributed by atoms with van der Waals surface area (Å²) in [6, 6.07) is 9.24. The lowest BCUT2D eigenvalue weighted by molar-refractivity contribution is -0.153. The minimum absolute atomic E-state index is 0.138. The van der Waals surface area contributed by atoms with Gasteiger partial charge in [0, 0.05) is 0 Å². The Bertz CT molecular complexity index is 295. The maximum Gasteiger partial charge on any atom is 0.334 e. The Morgan fingerprint density at radius 2 is 2.00 bits per heavy atom. The Hall–Kier alpha value is -1.55. The first-order valence-electron chi connectivity index (χ1n) is 4.72. The van der Waals surface area contributed by atoms with Crippen LogP contribution in [-0.2, 0) is 9.53 Å². The van der Waals surface area contributed by atoms with Crippen molar-refractivity contribution in [2.75, 3.05) is 13.2 Å². The van der Waals surface area contributed by atoms with Crippen LogP contribution in [-0.4, -0.2) is 30.4 Å². The van der Waals surface area contributed by atoms with Gasteiger partial charge in [0.25, 0.3) is 0 Å². The summed E-state index contributed by atoms with van der Waals surface area (Å²) < 4.78 is 9.99. The minimum atomic E-state index is -1.08. The monoisotopic (exact) mass is 210 g/mol. The van der Waals surface area contributed by atoms with Crippen LogP contribution < -0.4 is 4.74 Å². The highest BCUT2D eigenvalue weighted by molar-refractivity contribution is 5.73. The van der Waals surface area contributed by atoms with E-state index in [1.807, 2.05) is 30.3 Å². The van der Waals surface area contributed by atoms with Gasteiger partial charge in [-0.05, 0) is 19.1 Å². The molecule has 0 aliphatic rings. The van der Waals surface area contributed by atoms with Crippen LogP contribution in [0.2, 0.25) is 0 Å². The van der Waals surface area contributed by atoms with Crippen molar-refractivity contribution in [2.24, 2.45) is 0 Å². The largest absolute Gasteiger partial charge is 0.490 e. The number of hydrogen-bond donors (Lipinski definition) is 1. The van der Waals surface area contributed by atoms with Gasteiger partial charge in [0.15, 0.2) is 0 Å². The fraction of sp³-hybridized carbons (Fsp3) is 0.364. The Morgan fingerprint density at radius 3 is 2.60 bits per heavy atom. The van der Waals surface area contributed by atoms with Crippen molar-refractivity contribution in [3.8, 4) is 5.75 Å². The van der Waals surface area contributed by atoms with Crippen molar-refractivity contribution < 1.29 is 19.4 Å². The SMILES string of the molecule is C[C@@H](O)C(=O)OCCOc1ccccc1. The molecule has 1 atom stereocenters. The molecule has 0 amide bonds. The van der Waals surface area contributed by atoms with Crippen LogP contribution in [0.5, 0.6) is 5.75 Å². The van der Waals surface area contributed by atoms with Gasteiger partial charge in [-0.3, -0.25) is 0 Å². The van der Waals surface area contributed by atoms with Gasteiger partial charge in [-0.25, -0.2) is 4.79 Å². The summed E-state index contributed by atoms with van der Waals surface area (Å²) in [5.41, 5.74) is 0. The molecule has 0 aliphatic carbocycles. The number of esters is 1. The highest BCUT2D eigenvalue weighted by Gasteiger charge is 2.09. The lowest BCUT2D eigenvalue weighted by atomic mass is 10.3. The third-order valence-corrected chi connectivity index (χ3v) is 1.68. The highest BCUT2D eigenvalue weighted by atomic mass is 16.6. The number of para-hydroxylation sites is 1. The number of aliphatic hydroxyl groups excluding tert-OH is 1. The maximum atomic E-state index is 10.8. The van der Waals surface area contributed by atoms with Crippen LogP contribution in [0, 0.1) is 0 Å². The number of rotatable bonds is 5. The third kappa shape index (κ3) is 4.46. The van der Waals surface area contributed by atoms with Gasteiger partial charge in [0.2, 0.25) is 0 Å². The first-order chi connectivity index (χ1) is 7.20. The van der Waals surface area contributed by atoms with Gasteiger partial charge < -0.3 is 14.6 Å². The van der Waals surface area contributed by atoms with Gasteiger partial charge in [-0.2, -0.15) is 0 Å². The molecule has 0 spiro atoms. The number of aliphatic hydroxyl groups is 1. The number of hydrogen-bond acceptors (Lipinski definition) is 4. The van der Waals surface area contributed by atoms with Crippen LogP contribution in [0.1, 0.15) is 6.92 Å². The molecule has 1 aromatic carbocycles. The summed E-state index contributed by atoms with van der Waals surface area (Å²) in [6.07, 6.45) is -1.08. The van der Waals surface area contributed by atoms with E-state index in [-0.39, 0.29) is 13.2 Å². The van der Waals surface area contributed by atoms with E-state index in [0.29, 0.717) is 0 Å². The molecule has 0 heterocycles. The first kappa shape index (κ1) is 11.5. The lowest BCUT2D eigenvalue weighted by Crippen LogP contribution is -2.21. The van der Waals surface area contributed by atoms with Gasteiger partial charge in [-0.15, -0.1) is 0 Å². The molecule has 4 nitrogen and oxygen atoms in total. The van der Waals surface area contributed by atoms with Crippen LogP contribution in [0.25, 0.3) is 0 Å². The van der Waals surface area contributed by atoms with E-state index in [1.54, 1.807) is 0 Å². The van der Waals surface area contributed by atoms with E-state index in [9.17, 15) is 4.79 Å². The average Bonchev–Trinajstić information content (AvgIpc) is 2.25. The number of carbonyl (C=O) groups excluding carboxylic acids is 1. The van der Waals surface area contributed by atoms with E-state index >= 15 is 0 Å². The Morgan fingerprint density at radius 1 is 1.33 bits per heavy atom. The lowest BCUT2D eigenvalue weighted by Gasteiger charge is -2.08. The maximum absolute atomic E-state index is 10.8. The molecule has 4 heteroatoms. The smallest absolute Gasteiger partial charge is 0.334 e. The average molecular weight is 210 g/mol. The predicted molar refractivity (Wildman–Crippen MR) is 54.6 cm³/mol. The Kier molecular flexibility index (Phi) is 4.63. The molecule has 15 heavy (non-hydrogen) atoms. The molecular formula is C11H14O4. The van der Waals surface area contributed by atoms with Crippen LogP contribution in [0.4, 0.5) is 0 Å². The second kappa shape index (κ2) is 6.03. The number of benzene rings is 1. The normalized spacial score (nSPS) is 11.9. The number of carbonyl (C=O) groups is 1. The van der Waals surface area contributed by atoms with E-state index in [1.165, 1.54) is 6.92 Å². The van der Waals surface area contributed by atoms with Crippen molar-refractivity contribution in [3.63, 3.8) is 0 Å². The quantitative estimate of drug-likeness (QED) is 0.581. The topological polar surface area (TPSA) is 55.8 Å². The van der Waals surface area contributed by atoms with Crippen molar-refractivity contribution in [1.29, 1.82) is 0 Å². The molecule has 1 N–H and O–H groups in total. The summed E-state index contributed by atoms with van der Waals surface area (Å²) in [5.74, 6) is 0.0947. The van der Waals surface area contributed by atoms with E-state index in [4.69, 9.17) is 14.6 Å². The highest BCUT2D eigenvalue weighted by Crippen LogP contribution is 2.07. The minimum Gasteiger partial charge on any atom is -0.490 e. The second-order valence-corrected chi connectivity index (χ2v) is 3.00. The zero-order valence-corrected chi connectivity index (χ0v) is 8.55. The summed E-state index contributed by atoms with van der Waals surface area (Å²) in [4.78, 5) is 10.8. The van der Waals surface area contributed by atoms with Gasteiger partial charge in [0.1, 0.15) is 25.1 Å². The fourth-order valence-electron chi connectivity index (χ4n) is 0.939. The van der Waals surface area contributed by atoms with Gasteiger partial charge >= 0.3 is 5.97 Å². The first-order valence-corrected chi connectivity index (χ1v) is 4.72. The summed E-state index contributed by atoms with van der Waals surface area (Å²) >= 11 is 0. The molecule has 0 radical (unpaired) electrons. The third-order valence-electron chi connectivity index (χ3n) is 1.68. The molecular weight excluding hydrogens is 196 g/mol. The summed E-state index contributed by atoms with van der Waals surface area (Å²) in [6.45, 7) is 1.78. The fourth-order valence-corrected chi connectivity index (χ4v) is 0.939. The molecule has 0 bridgehead atoms. The van der Waals surface area contributed by atoms with E-state index in [0.717, 1.165) is 5.75 Å².